The molecule has 0 aliphatic heterocycles. The summed E-state index contributed by atoms with van der Waals surface area (Å²) < 4.78 is 10.5. The van der Waals surface area contributed by atoms with Crippen molar-refractivity contribution in [3.63, 3.8) is 0 Å². The Hall–Kier alpha value is -2.10. The summed E-state index contributed by atoms with van der Waals surface area (Å²) in [6.07, 6.45) is 0. The Balaban J connectivity index is 2.89. The first kappa shape index (κ1) is 12.4. The van der Waals surface area contributed by atoms with Gasteiger partial charge in [0, 0.05) is 22.7 Å². The lowest BCUT2D eigenvalue weighted by molar-refractivity contribution is 0.101. The normalized spacial score (nSPS) is 10.4. The third-order valence-corrected chi connectivity index (χ3v) is 2.81. The van der Waals surface area contributed by atoms with E-state index in [9.17, 15) is 4.79 Å². The summed E-state index contributed by atoms with van der Waals surface area (Å²) in [5.74, 6) is 1.25. The average molecular weight is 245 g/mol. The molecule has 0 saturated heterocycles. The molecule has 18 heavy (non-hydrogen) atoms. The molecular formula is C14H15NO3. The topological polar surface area (TPSA) is 48.4 Å². The molecule has 1 heterocycles. The molecule has 1 aromatic heterocycles. The lowest BCUT2D eigenvalue weighted by Crippen LogP contribution is -1.99. The van der Waals surface area contributed by atoms with Crippen molar-refractivity contribution in [2.24, 2.45) is 0 Å². The van der Waals surface area contributed by atoms with Crippen molar-refractivity contribution < 1.29 is 14.3 Å². The predicted molar refractivity (Wildman–Crippen MR) is 69.6 cm³/mol. The van der Waals surface area contributed by atoms with E-state index in [-0.39, 0.29) is 5.78 Å². The number of nitrogens with zero attached hydrogens (tertiary/aromatic N) is 1. The van der Waals surface area contributed by atoms with Gasteiger partial charge in [-0.3, -0.25) is 4.79 Å². The van der Waals surface area contributed by atoms with Crippen LogP contribution in [0.5, 0.6) is 11.5 Å². The number of hydrogen-bond acceptors (Lipinski definition) is 4. The van der Waals surface area contributed by atoms with Crippen LogP contribution >= 0.6 is 0 Å². The summed E-state index contributed by atoms with van der Waals surface area (Å²) in [7, 11) is 3.15. The number of fused-ring (bicyclic) bond motifs is 1. The minimum atomic E-state index is 0.000746. The Kier molecular flexibility index (Phi) is 3.19. The number of methoxy groups -OCH3 is 2. The van der Waals surface area contributed by atoms with Crippen LogP contribution in [0, 0.1) is 6.92 Å². The molecule has 94 valence electrons. The zero-order valence-electron chi connectivity index (χ0n) is 10.9. The molecule has 0 radical (unpaired) electrons. The molecule has 0 unspecified atom stereocenters. The van der Waals surface area contributed by atoms with Crippen molar-refractivity contribution in [2.45, 2.75) is 13.8 Å². The van der Waals surface area contributed by atoms with Crippen molar-refractivity contribution >= 4 is 16.7 Å². The first-order chi connectivity index (χ1) is 8.56. The number of aryl methyl sites for hydroxylation is 1. The van der Waals surface area contributed by atoms with Gasteiger partial charge in [-0.15, -0.1) is 0 Å². The van der Waals surface area contributed by atoms with Crippen molar-refractivity contribution in [2.75, 3.05) is 14.2 Å². The molecule has 0 N–H and O–H groups in total. The maximum absolute atomic E-state index is 11.7. The summed E-state index contributed by atoms with van der Waals surface area (Å²) in [6, 6.07) is 5.35. The average Bonchev–Trinajstić information content (AvgIpc) is 2.36. The van der Waals surface area contributed by atoms with Gasteiger partial charge in [0.25, 0.3) is 0 Å². The second kappa shape index (κ2) is 4.64. The van der Waals surface area contributed by atoms with Gasteiger partial charge in [-0.25, -0.2) is 4.98 Å². The highest BCUT2D eigenvalue weighted by molar-refractivity contribution is 6.07. The van der Waals surface area contributed by atoms with E-state index < -0.39 is 0 Å². The van der Waals surface area contributed by atoms with E-state index in [0.717, 1.165) is 11.1 Å². The van der Waals surface area contributed by atoms with Crippen LogP contribution in [0.3, 0.4) is 0 Å². The quantitative estimate of drug-likeness (QED) is 0.780. The monoisotopic (exact) mass is 245 g/mol. The summed E-state index contributed by atoms with van der Waals surface area (Å²) >= 11 is 0. The predicted octanol–water partition coefficient (Wildman–Crippen LogP) is 2.76. The standard InChI is InChI=1S/C14H15NO3/c1-8-5-11(9(2)16)12-6-10(17-3)7-13(18-4)14(12)15-8/h5-7H,1-4H3. The van der Waals surface area contributed by atoms with Gasteiger partial charge in [-0.2, -0.15) is 0 Å². The summed E-state index contributed by atoms with van der Waals surface area (Å²) in [4.78, 5) is 16.1. The van der Waals surface area contributed by atoms with Crippen LogP contribution in [-0.4, -0.2) is 25.0 Å². The third-order valence-electron chi connectivity index (χ3n) is 2.81. The zero-order chi connectivity index (χ0) is 13.3. The van der Waals surface area contributed by atoms with Gasteiger partial charge in [0.2, 0.25) is 0 Å². The largest absolute Gasteiger partial charge is 0.497 e. The van der Waals surface area contributed by atoms with Gasteiger partial charge < -0.3 is 9.47 Å². The van der Waals surface area contributed by atoms with Crippen molar-refractivity contribution in [1.82, 2.24) is 4.98 Å². The fraction of sp³-hybridized carbons (Fsp3) is 0.286. The Morgan fingerprint density at radius 1 is 1.17 bits per heavy atom. The number of benzene rings is 1. The Morgan fingerprint density at radius 2 is 1.89 bits per heavy atom. The van der Waals surface area contributed by atoms with E-state index >= 15 is 0 Å². The van der Waals surface area contributed by atoms with Crippen LogP contribution in [0.2, 0.25) is 0 Å². The zero-order valence-corrected chi connectivity index (χ0v) is 10.9. The highest BCUT2D eigenvalue weighted by Crippen LogP contribution is 2.32. The smallest absolute Gasteiger partial charge is 0.160 e. The van der Waals surface area contributed by atoms with Gasteiger partial charge in [0.05, 0.1) is 14.2 Å². The van der Waals surface area contributed by atoms with Gasteiger partial charge >= 0.3 is 0 Å². The Bertz CT molecular complexity index is 620. The molecular weight excluding hydrogens is 230 g/mol. The molecule has 4 heteroatoms. The van der Waals surface area contributed by atoms with E-state index in [0.29, 0.717) is 22.6 Å². The fourth-order valence-electron chi connectivity index (χ4n) is 1.96. The molecule has 0 spiro atoms. The van der Waals surface area contributed by atoms with Crippen molar-refractivity contribution in [3.05, 3.63) is 29.5 Å². The minimum absolute atomic E-state index is 0.000746. The molecule has 0 bridgehead atoms. The van der Waals surface area contributed by atoms with E-state index in [1.54, 1.807) is 39.3 Å². The molecule has 0 aliphatic rings. The minimum Gasteiger partial charge on any atom is -0.497 e. The number of aromatic nitrogens is 1. The summed E-state index contributed by atoms with van der Waals surface area (Å²) in [5, 5.41) is 0.754. The number of ether oxygens (including phenoxy) is 2. The molecule has 0 atom stereocenters. The SMILES string of the molecule is COc1cc(OC)c2nc(C)cc(C(C)=O)c2c1. The number of carbonyl (C=O) groups excluding carboxylic acids is 1. The second-order valence-corrected chi connectivity index (χ2v) is 4.09. The van der Waals surface area contributed by atoms with Gasteiger partial charge in [-0.05, 0) is 26.0 Å². The van der Waals surface area contributed by atoms with Crippen LogP contribution in [-0.2, 0) is 0 Å². The number of hydrogen-bond donors (Lipinski definition) is 0. The lowest BCUT2D eigenvalue weighted by Gasteiger charge is -2.11. The number of rotatable bonds is 3. The number of ketones is 1. The van der Waals surface area contributed by atoms with Gasteiger partial charge in [0.15, 0.2) is 5.78 Å². The Morgan fingerprint density at radius 3 is 2.44 bits per heavy atom. The summed E-state index contributed by atoms with van der Waals surface area (Å²) in [5.41, 5.74) is 2.11. The lowest BCUT2D eigenvalue weighted by atomic mass is 10.0. The Labute approximate surface area is 106 Å². The third kappa shape index (κ3) is 2.01. The van der Waals surface area contributed by atoms with Crippen molar-refractivity contribution in [3.8, 4) is 11.5 Å². The molecule has 0 saturated carbocycles. The van der Waals surface area contributed by atoms with Crippen LogP contribution in [0.25, 0.3) is 10.9 Å². The second-order valence-electron chi connectivity index (χ2n) is 4.09. The molecule has 0 fully saturated rings. The fourth-order valence-corrected chi connectivity index (χ4v) is 1.96. The summed E-state index contributed by atoms with van der Waals surface area (Å²) in [6.45, 7) is 3.40. The highest BCUT2D eigenvalue weighted by atomic mass is 16.5. The van der Waals surface area contributed by atoms with E-state index in [1.807, 2.05) is 6.92 Å². The number of pyridine rings is 1. The number of Topliss-reactive ketones (excluding diaryl/α,β-unsaturated/α-hetero) is 1. The molecule has 2 rings (SSSR count). The molecule has 2 aromatic rings. The van der Waals surface area contributed by atoms with E-state index in [1.165, 1.54) is 0 Å². The van der Waals surface area contributed by atoms with Crippen molar-refractivity contribution in [1.29, 1.82) is 0 Å². The molecule has 0 aliphatic carbocycles. The first-order valence-corrected chi connectivity index (χ1v) is 5.61. The molecule has 1 aromatic carbocycles. The van der Waals surface area contributed by atoms with E-state index in [2.05, 4.69) is 4.98 Å². The maximum atomic E-state index is 11.7. The van der Waals surface area contributed by atoms with E-state index in [4.69, 9.17) is 9.47 Å². The maximum Gasteiger partial charge on any atom is 0.160 e. The first-order valence-electron chi connectivity index (χ1n) is 5.61. The van der Waals surface area contributed by atoms with Crippen LogP contribution in [0.15, 0.2) is 18.2 Å². The number of carbonyl (C=O) groups is 1. The van der Waals surface area contributed by atoms with Gasteiger partial charge in [-0.1, -0.05) is 0 Å². The molecule has 4 nitrogen and oxygen atoms in total. The molecule has 0 amide bonds. The van der Waals surface area contributed by atoms with Gasteiger partial charge in [0.1, 0.15) is 17.0 Å². The highest BCUT2D eigenvalue weighted by Gasteiger charge is 2.13. The van der Waals surface area contributed by atoms with Crippen LogP contribution < -0.4 is 9.47 Å². The van der Waals surface area contributed by atoms with Crippen LogP contribution in [0.1, 0.15) is 23.0 Å². The van der Waals surface area contributed by atoms with Crippen LogP contribution in [0.4, 0.5) is 0 Å².